The molecule has 0 spiro atoms. The number of carboxylic acid groups (broad SMARTS) is 1. The molecule has 210 valence electrons. The second-order valence-electron chi connectivity index (χ2n) is 9.93. The van der Waals surface area contributed by atoms with Crippen LogP contribution in [0.5, 0.6) is 0 Å². The molecule has 2 atom stereocenters. The lowest BCUT2D eigenvalue weighted by molar-refractivity contribution is -0.137. The lowest BCUT2D eigenvalue weighted by atomic mass is 9.96. The van der Waals surface area contributed by atoms with Gasteiger partial charge >= 0.3 is 5.97 Å². The molecule has 1 aromatic carbocycles. The number of carbonyl (C=O) groups is 3. The van der Waals surface area contributed by atoms with E-state index in [1.54, 1.807) is 32.4 Å². The Morgan fingerprint density at radius 1 is 1.12 bits per heavy atom. The molecule has 11 nitrogen and oxygen atoms in total. The van der Waals surface area contributed by atoms with Crippen molar-refractivity contribution in [2.24, 2.45) is 13.0 Å². The van der Waals surface area contributed by atoms with Crippen molar-refractivity contribution in [3.8, 4) is 11.3 Å². The van der Waals surface area contributed by atoms with Crippen molar-refractivity contribution in [3.63, 3.8) is 0 Å². The lowest BCUT2D eigenvalue weighted by Crippen LogP contribution is -2.48. The zero-order valence-electron chi connectivity index (χ0n) is 22.4. The summed E-state index contributed by atoms with van der Waals surface area (Å²) in [6.07, 6.45) is 3.93. The summed E-state index contributed by atoms with van der Waals surface area (Å²) in [6.45, 7) is 5.43. The number of halogens is 2. The predicted octanol–water partition coefficient (Wildman–Crippen LogP) is 3.19. The maximum absolute atomic E-state index is 15.1. The summed E-state index contributed by atoms with van der Waals surface area (Å²) >= 11 is 0. The van der Waals surface area contributed by atoms with E-state index >= 15 is 4.39 Å². The van der Waals surface area contributed by atoms with Crippen molar-refractivity contribution in [3.05, 3.63) is 71.3 Å². The first-order valence-electron chi connectivity index (χ1n) is 12.6. The van der Waals surface area contributed by atoms with E-state index in [2.05, 4.69) is 25.8 Å². The normalized spacial score (nSPS) is 12.9. The standard InChI is InChI=1S/C27H29F2N7O4/c1-14(2)8-21(34-26(39)17-6-5-7-36-25(17)30-13-32-36)27(40)33-20(11-22(37)38)18-9-16(10-19(28)23(18)29)24-15(3)12-31-35(24)4/h5-7,9-10,12-14,20-21H,8,11H2,1-4H3,(H,33,40)(H,34,39)(H,37,38)/t20-,21-/m0/s1. The number of benzene rings is 1. The average Bonchev–Trinajstić information content (AvgIpc) is 3.50. The number of aryl methyl sites for hydroxylation is 2. The van der Waals surface area contributed by atoms with Crippen LogP contribution in [0.25, 0.3) is 16.9 Å². The Hall–Kier alpha value is -4.68. The number of nitrogens with one attached hydrogen (secondary N) is 2. The van der Waals surface area contributed by atoms with Gasteiger partial charge < -0.3 is 15.7 Å². The van der Waals surface area contributed by atoms with E-state index in [-0.39, 0.29) is 34.7 Å². The van der Waals surface area contributed by atoms with Crippen LogP contribution in [0.2, 0.25) is 0 Å². The van der Waals surface area contributed by atoms with Crippen molar-refractivity contribution < 1.29 is 28.3 Å². The monoisotopic (exact) mass is 553 g/mol. The first-order valence-corrected chi connectivity index (χ1v) is 12.6. The molecule has 4 rings (SSSR count). The maximum atomic E-state index is 15.1. The molecule has 0 aliphatic carbocycles. The molecule has 13 heteroatoms. The number of amides is 2. The van der Waals surface area contributed by atoms with Crippen LogP contribution >= 0.6 is 0 Å². The van der Waals surface area contributed by atoms with E-state index in [1.807, 2.05) is 13.8 Å². The fourth-order valence-electron chi connectivity index (χ4n) is 4.61. The first-order chi connectivity index (χ1) is 19.0. The molecule has 0 aliphatic heterocycles. The number of pyridine rings is 1. The minimum absolute atomic E-state index is 0.0526. The fourth-order valence-corrected chi connectivity index (χ4v) is 4.61. The summed E-state index contributed by atoms with van der Waals surface area (Å²) in [5.41, 5.74) is 1.59. The number of hydrogen-bond acceptors (Lipinski definition) is 6. The number of aliphatic carboxylic acids is 1. The first kappa shape index (κ1) is 28.3. The summed E-state index contributed by atoms with van der Waals surface area (Å²) in [5, 5.41) is 22.9. The quantitative estimate of drug-likeness (QED) is 0.274. The van der Waals surface area contributed by atoms with Crippen LogP contribution < -0.4 is 10.6 Å². The predicted molar refractivity (Wildman–Crippen MR) is 140 cm³/mol. The van der Waals surface area contributed by atoms with E-state index in [9.17, 15) is 23.9 Å². The van der Waals surface area contributed by atoms with Gasteiger partial charge in [-0.2, -0.15) is 10.2 Å². The van der Waals surface area contributed by atoms with Crippen molar-refractivity contribution >= 4 is 23.4 Å². The van der Waals surface area contributed by atoms with Crippen LogP contribution in [0.1, 0.15) is 54.2 Å². The molecular weight excluding hydrogens is 524 g/mol. The number of fused-ring (bicyclic) bond motifs is 1. The maximum Gasteiger partial charge on any atom is 0.305 e. The topological polar surface area (TPSA) is 144 Å². The van der Waals surface area contributed by atoms with Crippen molar-refractivity contribution in [2.75, 3.05) is 0 Å². The van der Waals surface area contributed by atoms with Crippen LogP contribution in [-0.4, -0.2) is 53.3 Å². The highest BCUT2D eigenvalue weighted by Gasteiger charge is 2.30. The highest BCUT2D eigenvalue weighted by atomic mass is 19.2. The average molecular weight is 554 g/mol. The molecule has 0 fully saturated rings. The SMILES string of the molecule is Cc1cnn(C)c1-c1cc(F)c(F)c([C@H](CC(=O)O)NC(=O)[C@H](CC(C)C)NC(=O)c2cccn3ncnc23)c1. The Labute approximate surface area is 228 Å². The molecule has 0 unspecified atom stereocenters. The summed E-state index contributed by atoms with van der Waals surface area (Å²) in [7, 11) is 1.64. The zero-order valence-corrected chi connectivity index (χ0v) is 22.4. The van der Waals surface area contributed by atoms with Gasteiger partial charge in [0.1, 0.15) is 12.4 Å². The lowest BCUT2D eigenvalue weighted by Gasteiger charge is -2.25. The third-order valence-electron chi connectivity index (χ3n) is 6.40. The van der Waals surface area contributed by atoms with Crippen LogP contribution in [0.4, 0.5) is 8.78 Å². The number of aromatic nitrogens is 5. The highest BCUT2D eigenvalue weighted by molar-refractivity contribution is 6.02. The third kappa shape index (κ3) is 5.98. The van der Waals surface area contributed by atoms with Gasteiger partial charge in [-0.25, -0.2) is 18.3 Å². The van der Waals surface area contributed by atoms with Gasteiger partial charge in [0.2, 0.25) is 5.91 Å². The molecule has 0 radical (unpaired) electrons. The summed E-state index contributed by atoms with van der Waals surface area (Å²) in [6, 6.07) is 2.89. The Balaban J connectivity index is 1.66. The van der Waals surface area contributed by atoms with E-state index in [0.717, 1.165) is 6.07 Å². The van der Waals surface area contributed by atoms with Gasteiger partial charge in [0, 0.05) is 24.4 Å². The molecule has 0 saturated heterocycles. The van der Waals surface area contributed by atoms with Crippen molar-refractivity contribution in [2.45, 2.75) is 45.7 Å². The van der Waals surface area contributed by atoms with Gasteiger partial charge in [-0.3, -0.25) is 19.1 Å². The van der Waals surface area contributed by atoms with Crippen LogP contribution in [0, 0.1) is 24.5 Å². The van der Waals surface area contributed by atoms with Gasteiger partial charge in [-0.15, -0.1) is 0 Å². The minimum Gasteiger partial charge on any atom is -0.481 e. The van der Waals surface area contributed by atoms with Crippen LogP contribution in [-0.2, 0) is 16.6 Å². The minimum atomic E-state index is -1.43. The Morgan fingerprint density at radius 2 is 1.88 bits per heavy atom. The summed E-state index contributed by atoms with van der Waals surface area (Å²) < 4.78 is 32.8. The molecule has 0 bridgehead atoms. The van der Waals surface area contributed by atoms with Crippen molar-refractivity contribution in [1.82, 2.24) is 35.0 Å². The fraction of sp³-hybridized carbons (Fsp3) is 0.333. The zero-order chi connectivity index (χ0) is 29.1. The summed E-state index contributed by atoms with van der Waals surface area (Å²) in [5.74, 6) is -5.22. The number of nitrogens with zero attached hydrogens (tertiary/aromatic N) is 5. The van der Waals surface area contributed by atoms with E-state index in [0.29, 0.717) is 11.3 Å². The molecule has 40 heavy (non-hydrogen) atoms. The van der Waals surface area contributed by atoms with E-state index < -0.39 is 47.9 Å². The summed E-state index contributed by atoms with van der Waals surface area (Å²) in [4.78, 5) is 42.4. The van der Waals surface area contributed by atoms with Gasteiger partial charge in [-0.1, -0.05) is 13.8 Å². The molecule has 0 aliphatic rings. The number of carboxylic acids is 1. The molecule has 0 saturated carbocycles. The van der Waals surface area contributed by atoms with Crippen LogP contribution in [0.15, 0.2) is 43.0 Å². The second kappa shape index (κ2) is 11.6. The number of rotatable bonds is 10. The molecule has 3 heterocycles. The number of carbonyl (C=O) groups excluding carboxylic acids is 2. The van der Waals surface area contributed by atoms with Crippen molar-refractivity contribution in [1.29, 1.82) is 0 Å². The van der Waals surface area contributed by atoms with Gasteiger partial charge in [-0.05, 0) is 49.1 Å². The second-order valence-corrected chi connectivity index (χ2v) is 9.93. The highest BCUT2D eigenvalue weighted by Crippen LogP contribution is 2.31. The van der Waals surface area contributed by atoms with Gasteiger partial charge in [0.15, 0.2) is 17.3 Å². The number of hydrogen-bond donors (Lipinski definition) is 3. The molecule has 3 aromatic heterocycles. The van der Waals surface area contributed by atoms with E-state index in [4.69, 9.17) is 0 Å². The molecule has 2 amide bonds. The smallest absolute Gasteiger partial charge is 0.305 e. The van der Waals surface area contributed by atoms with Gasteiger partial charge in [0.05, 0.1) is 29.9 Å². The Kier molecular flexibility index (Phi) is 8.21. The molecular formula is C27H29F2N7O4. The largest absolute Gasteiger partial charge is 0.481 e. The van der Waals surface area contributed by atoms with Crippen LogP contribution in [0.3, 0.4) is 0 Å². The molecule has 4 aromatic rings. The van der Waals surface area contributed by atoms with Gasteiger partial charge in [0.25, 0.3) is 5.91 Å². The Bertz CT molecular complexity index is 1560. The van der Waals surface area contributed by atoms with E-state index in [1.165, 1.54) is 27.7 Å². The molecule has 3 N–H and O–H groups in total. The Morgan fingerprint density at radius 3 is 2.52 bits per heavy atom. The third-order valence-corrected chi connectivity index (χ3v) is 6.40.